The van der Waals surface area contributed by atoms with E-state index in [9.17, 15) is 14.4 Å². The van der Waals surface area contributed by atoms with Gasteiger partial charge in [-0.15, -0.1) is 12.4 Å². The van der Waals surface area contributed by atoms with Crippen molar-refractivity contribution < 1.29 is 14.4 Å². The van der Waals surface area contributed by atoms with Crippen molar-refractivity contribution in [3.05, 3.63) is 0 Å². The number of nitrogens with two attached hydrogens (primary N) is 1. The molecule has 130 valence electrons. The third-order valence-electron chi connectivity index (χ3n) is 5.14. The highest BCUT2D eigenvalue weighted by Gasteiger charge is 2.51. The number of halogens is 1. The fourth-order valence-corrected chi connectivity index (χ4v) is 3.70. The molecule has 2 heterocycles. The molecular formula is C15H25ClN4O3. The number of nitrogens with zero attached hydrogens (tertiary/aromatic N) is 2. The predicted molar refractivity (Wildman–Crippen MR) is 87.1 cm³/mol. The van der Waals surface area contributed by atoms with Gasteiger partial charge in [-0.1, -0.05) is 19.3 Å². The van der Waals surface area contributed by atoms with E-state index in [1.165, 1.54) is 0 Å². The van der Waals surface area contributed by atoms with Gasteiger partial charge in [0.05, 0.1) is 0 Å². The largest absolute Gasteiger partial charge is 0.341 e. The van der Waals surface area contributed by atoms with Gasteiger partial charge in [0.25, 0.3) is 5.91 Å². The lowest BCUT2D eigenvalue weighted by molar-refractivity contribution is -0.140. The average Bonchev–Trinajstić information content (AvgIpc) is 2.73. The molecule has 2 aliphatic heterocycles. The minimum absolute atomic E-state index is 0. The molecule has 3 N–H and O–H groups in total. The monoisotopic (exact) mass is 344 g/mol. The van der Waals surface area contributed by atoms with Gasteiger partial charge in [-0.2, -0.15) is 0 Å². The summed E-state index contributed by atoms with van der Waals surface area (Å²) in [7, 11) is 0. The van der Waals surface area contributed by atoms with Crippen molar-refractivity contribution in [1.29, 1.82) is 0 Å². The Morgan fingerprint density at radius 3 is 2.39 bits per heavy atom. The van der Waals surface area contributed by atoms with Crippen molar-refractivity contribution in [2.45, 2.75) is 56.5 Å². The van der Waals surface area contributed by atoms with E-state index in [2.05, 4.69) is 5.32 Å². The van der Waals surface area contributed by atoms with Gasteiger partial charge in [-0.05, 0) is 25.7 Å². The number of rotatable bonds is 2. The minimum atomic E-state index is -0.750. The van der Waals surface area contributed by atoms with Crippen molar-refractivity contribution >= 4 is 30.3 Å². The molecular weight excluding hydrogens is 320 g/mol. The molecule has 0 atom stereocenters. The number of carbonyl (C=O) groups excluding carboxylic acids is 3. The van der Waals surface area contributed by atoms with E-state index in [0.29, 0.717) is 25.9 Å². The summed E-state index contributed by atoms with van der Waals surface area (Å²) in [5.74, 6) is -0.387. The van der Waals surface area contributed by atoms with Crippen LogP contribution in [0, 0.1) is 0 Å². The van der Waals surface area contributed by atoms with Gasteiger partial charge in [0.1, 0.15) is 12.1 Å². The third kappa shape index (κ3) is 3.45. The first kappa shape index (κ1) is 18.0. The van der Waals surface area contributed by atoms with E-state index in [1.807, 2.05) is 0 Å². The van der Waals surface area contributed by atoms with Crippen molar-refractivity contribution in [2.75, 3.05) is 19.6 Å². The summed E-state index contributed by atoms with van der Waals surface area (Å²) >= 11 is 0. The molecule has 8 heteroatoms. The lowest BCUT2D eigenvalue weighted by atomic mass is 9.82. The van der Waals surface area contributed by atoms with E-state index in [4.69, 9.17) is 5.73 Å². The number of imide groups is 1. The van der Waals surface area contributed by atoms with Gasteiger partial charge in [0.2, 0.25) is 5.91 Å². The molecule has 1 spiro atoms. The van der Waals surface area contributed by atoms with E-state index >= 15 is 0 Å². The van der Waals surface area contributed by atoms with Gasteiger partial charge in [0, 0.05) is 19.1 Å². The molecule has 4 amide bonds. The predicted octanol–water partition coefficient (Wildman–Crippen LogP) is 0.613. The van der Waals surface area contributed by atoms with Crippen molar-refractivity contribution in [3.63, 3.8) is 0 Å². The van der Waals surface area contributed by atoms with Crippen LogP contribution in [0.3, 0.4) is 0 Å². The van der Waals surface area contributed by atoms with E-state index in [0.717, 1.165) is 37.0 Å². The summed E-state index contributed by atoms with van der Waals surface area (Å²) in [6.07, 6.45) is 5.89. The number of hydrogen-bond acceptors (Lipinski definition) is 4. The Labute approximate surface area is 142 Å². The maximum atomic E-state index is 12.6. The second kappa shape index (κ2) is 7.05. The zero-order valence-corrected chi connectivity index (χ0v) is 14.1. The molecule has 0 aromatic rings. The van der Waals surface area contributed by atoms with Crippen molar-refractivity contribution in [1.82, 2.24) is 15.1 Å². The Balaban J connectivity index is 0.00000192. The zero-order valence-electron chi connectivity index (χ0n) is 13.3. The van der Waals surface area contributed by atoms with Crippen LogP contribution in [0.5, 0.6) is 0 Å². The summed E-state index contributed by atoms with van der Waals surface area (Å²) in [4.78, 5) is 39.9. The van der Waals surface area contributed by atoms with Crippen LogP contribution in [0.1, 0.15) is 44.9 Å². The minimum Gasteiger partial charge on any atom is -0.341 e. The van der Waals surface area contributed by atoms with Gasteiger partial charge in [-0.25, -0.2) is 4.79 Å². The molecule has 23 heavy (non-hydrogen) atoms. The van der Waals surface area contributed by atoms with Crippen LogP contribution in [0.25, 0.3) is 0 Å². The van der Waals surface area contributed by atoms with Crippen LogP contribution < -0.4 is 11.1 Å². The molecule has 3 fully saturated rings. The molecule has 1 saturated carbocycles. The first-order chi connectivity index (χ1) is 10.5. The molecule has 1 aliphatic carbocycles. The van der Waals surface area contributed by atoms with Crippen molar-refractivity contribution in [3.8, 4) is 0 Å². The summed E-state index contributed by atoms with van der Waals surface area (Å²) in [5, 5.41) is 2.83. The van der Waals surface area contributed by atoms with Crippen LogP contribution >= 0.6 is 12.4 Å². The zero-order chi connectivity index (χ0) is 15.7. The van der Waals surface area contributed by atoms with Crippen LogP contribution in [0.4, 0.5) is 4.79 Å². The van der Waals surface area contributed by atoms with E-state index in [1.54, 1.807) is 4.90 Å². The Hall–Kier alpha value is -1.34. The molecule has 0 aromatic heterocycles. The average molecular weight is 345 g/mol. The Bertz CT molecular complexity index is 485. The number of carbonyl (C=O) groups is 3. The SMILES string of the molecule is Cl.NC1CCN(C(=O)CN2C(=O)NC3(CCCCC3)C2=O)CC1. The Morgan fingerprint density at radius 1 is 1.17 bits per heavy atom. The Morgan fingerprint density at radius 2 is 1.78 bits per heavy atom. The lowest BCUT2D eigenvalue weighted by Crippen LogP contribution is -2.50. The highest BCUT2D eigenvalue weighted by atomic mass is 35.5. The van der Waals surface area contributed by atoms with Crippen LogP contribution in [0.2, 0.25) is 0 Å². The second-order valence-corrected chi connectivity index (χ2v) is 6.68. The number of piperidine rings is 1. The number of urea groups is 1. The normalized spacial score (nSPS) is 24.6. The summed E-state index contributed by atoms with van der Waals surface area (Å²) in [5.41, 5.74) is 5.08. The van der Waals surface area contributed by atoms with Gasteiger partial charge >= 0.3 is 6.03 Å². The molecule has 0 bridgehead atoms. The van der Waals surface area contributed by atoms with Gasteiger partial charge in [0.15, 0.2) is 0 Å². The van der Waals surface area contributed by atoms with Crippen molar-refractivity contribution in [2.24, 2.45) is 5.73 Å². The lowest BCUT2D eigenvalue weighted by Gasteiger charge is -2.32. The summed E-state index contributed by atoms with van der Waals surface area (Å²) in [6.45, 7) is 1.06. The van der Waals surface area contributed by atoms with Gasteiger partial charge < -0.3 is 16.0 Å². The molecule has 2 saturated heterocycles. The molecule has 7 nitrogen and oxygen atoms in total. The van der Waals surface area contributed by atoms with E-state index < -0.39 is 11.6 Å². The number of nitrogens with one attached hydrogen (secondary N) is 1. The molecule has 0 aromatic carbocycles. The fourth-order valence-electron chi connectivity index (χ4n) is 3.70. The van der Waals surface area contributed by atoms with Crippen LogP contribution in [-0.4, -0.2) is 58.9 Å². The van der Waals surface area contributed by atoms with Crippen LogP contribution in [0.15, 0.2) is 0 Å². The fraction of sp³-hybridized carbons (Fsp3) is 0.800. The smallest absolute Gasteiger partial charge is 0.325 e. The maximum absolute atomic E-state index is 12.6. The standard InChI is InChI=1S/C15H24N4O3.ClH/c16-11-4-8-18(9-5-11)12(20)10-19-13(21)15(17-14(19)22)6-2-1-3-7-15;/h11H,1-10,16H2,(H,17,22);1H. The highest BCUT2D eigenvalue weighted by molar-refractivity contribution is 6.09. The number of likely N-dealkylation sites (tertiary alicyclic amines) is 1. The number of amides is 4. The van der Waals surface area contributed by atoms with Gasteiger partial charge in [-0.3, -0.25) is 14.5 Å². The summed E-state index contributed by atoms with van der Waals surface area (Å²) in [6, 6.07) is -0.278. The number of hydrogen-bond donors (Lipinski definition) is 2. The quantitative estimate of drug-likeness (QED) is 0.717. The third-order valence-corrected chi connectivity index (χ3v) is 5.14. The second-order valence-electron chi connectivity index (χ2n) is 6.68. The first-order valence-corrected chi connectivity index (χ1v) is 8.19. The molecule has 3 aliphatic rings. The molecule has 3 rings (SSSR count). The maximum Gasteiger partial charge on any atom is 0.325 e. The van der Waals surface area contributed by atoms with Crippen LogP contribution in [-0.2, 0) is 9.59 Å². The van der Waals surface area contributed by atoms with E-state index in [-0.39, 0.29) is 36.8 Å². The summed E-state index contributed by atoms with van der Waals surface area (Å²) < 4.78 is 0. The first-order valence-electron chi connectivity index (χ1n) is 8.19. The molecule has 0 unspecified atom stereocenters. The topological polar surface area (TPSA) is 95.7 Å². The highest BCUT2D eigenvalue weighted by Crippen LogP contribution is 2.33. The molecule has 0 radical (unpaired) electrons. The Kier molecular flexibility index (Phi) is 5.52.